The highest BCUT2D eigenvalue weighted by atomic mass is 16.7. The topological polar surface area (TPSA) is 67.8 Å². The average molecular weight is 235 g/mol. The molecule has 17 heavy (non-hydrogen) atoms. The van der Waals surface area contributed by atoms with Crippen molar-refractivity contribution in [3.8, 4) is 11.5 Å². The molecule has 5 heteroatoms. The van der Waals surface area contributed by atoms with E-state index in [0.29, 0.717) is 12.2 Å². The molecule has 1 aliphatic heterocycles. The number of hydrogen-bond donors (Lipinski definition) is 2. The van der Waals surface area contributed by atoms with Crippen LogP contribution in [0.4, 0.5) is 0 Å². The second-order valence-electron chi connectivity index (χ2n) is 4.40. The fourth-order valence-electron chi connectivity index (χ4n) is 2.41. The van der Waals surface area contributed by atoms with Gasteiger partial charge < -0.3 is 19.9 Å². The van der Waals surface area contributed by atoms with E-state index in [4.69, 9.17) is 9.47 Å². The van der Waals surface area contributed by atoms with E-state index in [1.54, 1.807) is 7.05 Å². The zero-order valence-electron chi connectivity index (χ0n) is 9.40. The lowest BCUT2D eigenvalue weighted by Gasteiger charge is -2.11. The number of nitrogens with one attached hydrogen (secondary N) is 1. The van der Waals surface area contributed by atoms with Gasteiger partial charge in [0.15, 0.2) is 11.5 Å². The van der Waals surface area contributed by atoms with Crippen LogP contribution in [0.15, 0.2) is 18.2 Å². The first-order valence-electron chi connectivity index (χ1n) is 5.49. The van der Waals surface area contributed by atoms with Gasteiger partial charge in [0.05, 0.1) is 0 Å². The summed E-state index contributed by atoms with van der Waals surface area (Å²) in [7, 11) is 1.68. The van der Waals surface area contributed by atoms with Crippen LogP contribution in [0.3, 0.4) is 0 Å². The maximum atomic E-state index is 11.2. The normalized spacial score (nSPS) is 29.1. The van der Waals surface area contributed by atoms with Crippen LogP contribution in [0.5, 0.6) is 11.5 Å². The molecule has 3 rings (SSSR count). The SMILES string of the molecule is CNC1(C(=O)O)CC1c1ccc2c(c1)OCO2. The molecule has 2 N–H and O–H groups in total. The Morgan fingerprint density at radius 3 is 2.88 bits per heavy atom. The highest BCUT2D eigenvalue weighted by molar-refractivity contribution is 5.85. The quantitative estimate of drug-likeness (QED) is 0.816. The van der Waals surface area contributed by atoms with Crippen LogP contribution >= 0.6 is 0 Å². The van der Waals surface area contributed by atoms with E-state index in [9.17, 15) is 9.90 Å². The first-order chi connectivity index (χ1) is 8.17. The summed E-state index contributed by atoms with van der Waals surface area (Å²) in [5.41, 5.74) is 0.166. The molecule has 0 amide bonds. The van der Waals surface area contributed by atoms with Gasteiger partial charge in [0.2, 0.25) is 6.79 Å². The second-order valence-corrected chi connectivity index (χ2v) is 4.40. The van der Waals surface area contributed by atoms with Crippen molar-refractivity contribution < 1.29 is 19.4 Å². The molecule has 5 nitrogen and oxygen atoms in total. The summed E-state index contributed by atoms with van der Waals surface area (Å²) in [6.07, 6.45) is 0.610. The first kappa shape index (κ1) is 10.4. The van der Waals surface area contributed by atoms with Crippen molar-refractivity contribution in [2.75, 3.05) is 13.8 Å². The van der Waals surface area contributed by atoms with Crippen molar-refractivity contribution in [2.24, 2.45) is 0 Å². The molecule has 2 atom stereocenters. The molecule has 1 heterocycles. The first-order valence-corrected chi connectivity index (χ1v) is 5.49. The Bertz CT molecular complexity index is 487. The Morgan fingerprint density at radius 1 is 1.47 bits per heavy atom. The summed E-state index contributed by atoms with van der Waals surface area (Å²) in [6, 6.07) is 5.60. The number of rotatable bonds is 3. The number of carboxylic acid groups (broad SMARTS) is 1. The molecular weight excluding hydrogens is 222 g/mol. The van der Waals surface area contributed by atoms with E-state index in [0.717, 1.165) is 11.3 Å². The van der Waals surface area contributed by atoms with Crippen LogP contribution in [0.1, 0.15) is 17.9 Å². The molecule has 0 aromatic heterocycles. The lowest BCUT2D eigenvalue weighted by molar-refractivity contribution is -0.140. The Kier molecular flexibility index (Phi) is 2.06. The van der Waals surface area contributed by atoms with Gasteiger partial charge >= 0.3 is 5.97 Å². The van der Waals surface area contributed by atoms with Crippen molar-refractivity contribution >= 4 is 5.97 Å². The summed E-state index contributed by atoms with van der Waals surface area (Å²) < 4.78 is 10.5. The van der Waals surface area contributed by atoms with Gasteiger partial charge in [-0.15, -0.1) is 0 Å². The van der Waals surface area contributed by atoms with Crippen LogP contribution in [0.25, 0.3) is 0 Å². The molecule has 1 saturated carbocycles. The third-order valence-electron chi connectivity index (χ3n) is 3.59. The summed E-state index contributed by atoms with van der Waals surface area (Å²) in [4.78, 5) is 11.2. The van der Waals surface area contributed by atoms with E-state index in [1.807, 2.05) is 18.2 Å². The van der Waals surface area contributed by atoms with Gasteiger partial charge in [0.25, 0.3) is 0 Å². The third-order valence-corrected chi connectivity index (χ3v) is 3.59. The van der Waals surface area contributed by atoms with E-state index in [1.165, 1.54) is 0 Å². The van der Waals surface area contributed by atoms with Crippen molar-refractivity contribution in [2.45, 2.75) is 17.9 Å². The molecule has 90 valence electrons. The predicted octanol–water partition coefficient (Wildman–Crippen LogP) is 0.945. The molecule has 0 spiro atoms. The number of ether oxygens (including phenoxy) is 2. The van der Waals surface area contributed by atoms with Gasteiger partial charge in [-0.3, -0.25) is 4.79 Å². The van der Waals surface area contributed by atoms with E-state index in [2.05, 4.69) is 5.32 Å². The van der Waals surface area contributed by atoms with Crippen molar-refractivity contribution in [3.05, 3.63) is 23.8 Å². The van der Waals surface area contributed by atoms with Crippen LogP contribution in [0, 0.1) is 0 Å². The predicted molar refractivity (Wildman–Crippen MR) is 59.3 cm³/mol. The lowest BCUT2D eigenvalue weighted by Crippen LogP contribution is -2.38. The zero-order valence-corrected chi connectivity index (χ0v) is 9.40. The number of fused-ring (bicyclic) bond motifs is 1. The molecule has 1 aromatic rings. The molecule has 0 radical (unpaired) electrons. The van der Waals surface area contributed by atoms with E-state index < -0.39 is 11.5 Å². The van der Waals surface area contributed by atoms with Crippen LogP contribution in [-0.2, 0) is 4.79 Å². The average Bonchev–Trinajstić information content (AvgIpc) is 2.91. The number of benzene rings is 1. The number of aliphatic carboxylic acids is 1. The summed E-state index contributed by atoms with van der Waals surface area (Å²) in [5.74, 6) is 0.617. The molecule has 2 unspecified atom stereocenters. The summed E-state index contributed by atoms with van der Waals surface area (Å²) in [6.45, 7) is 0.236. The van der Waals surface area contributed by atoms with Gasteiger partial charge in [-0.05, 0) is 31.2 Å². The summed E-state index contributed by atoms with van der Waals surface area (Å²) >= 11 is 0. The van der Waals surface area contributed by atoms with Gasteiger partial charge in [0.1, 0.15) is 5.54 Å². The minimum atomic E-state index is -0.812. The van der Waals surface area contributed by atoms with Gasteiger partial charge in [-0.1, -0.05) is 6.07 Å². The molecule has 0 bridgehead atoms. The number of hydrogen-bond acceptors (Lipinski definition) is 4. The van der Waals surface area contributed by atoms with Crippen LogP contribution in [-0.4, -0.2) is 30.5 Å². The van der Waals surface area contributed by atoms with Crippen molar-refractivity contribution in [3.63, 3.8) is 0 Å². The highest BCUT2D eigenvalue weighted by Gasteiger charge is 2.60. The molecule has 2 aliphatic rings. The lowest BCUT2D eigenvalue weighted by atomic mass is 10.1. The zero-order chi connectivity index (χ0) is 12.0. The van der Waals surface area contributed by atoms with Crippen LogP contribution < -0.4 is 14.8 Å². The Morgan fingerprint density at radius 2 is 2.24 bits per heavy atom. The summed E-state index contributed by atoms with van der Waals surface area (Å²) in [5, 5.41) is 12.1. The van der Waals surface area contributed by atoms with Crippen LogP contribution in [0.2, 0.25) is 0 Å². The number of carbonyl (C=O) groups is 1. The molecular formula is C12H13NO4. The second kappa shape index (κ2) is 3.37. The van der Waals surface area contributed by atoms with Gasteiger partial charge in [-0.25, -0.2) is 0 Å². The minimum absolute atomic E-state index is 0.000463. The largest absolute Gasteiger partial charge is 0.480 e. The van der Waals surface area contributed by atoms with Crippen molar-refractivity contribution in [1.29, 1.82) is 0 Å². The van der Waals surface area contributed by atoms with E-state index >= 15 is 0 Å². The molecule has 1 aromatic carbocycles. The maximum Gasteiger partial charge on any atom is 0.324 e. The monoisotopic (exact) mass is 235 g/mol. The molecule has 1 fully saturated rings. The van der Waals surface area contributed by atoms with Gasteiger partial charge in [-0.2, -0.15) is 0 Å². The number of likely N-dealkylation sites (N-methyl/N-ethyl adjacent to an activating group) is 1. The number of carboxylic acids is 1. The third kappa shape index (κ3) is 1.39. The Hall–Kier alpha value is -1.75. The smallest absolute Gasteiger partial charge is 0.324 e. The molecule has 0 saturated heterocycles. The van der Waals surface area contributed by atoms with Crippen molar-refractivity contribution in [1.82, 2.24) is 5.32 Å². The molecule has 1 aliphatic carbocycles. The Balaban J connectivity index is 1.90. The minimum Gasteiger partial charge on any atom is -0.480 e. The van der Waals surface area contributed by atoms with Gasteiger partial charge in [0, 0.05) is 5.92 Å². The maximum absolute atomic E-state index is 11.2. The fourth-order valence-corrected chi connectivity index (χ4v) is 2.41. The fraction of sp³-hybridized carbons (Fsp3) is 0.417. The van der Waals surface area contributed by atoms with E-state index in [-0.39, 0.29) is 12.7 Å². The Labute approximate surface area is 98.3 Å². The highest BCUT2D eigenvalue weighted by Crippen LogP contribution is 2.52. The standard InChI is InChI=1S/C12H13NO4/c1-13-12(11(14)15)5-8(12)7-2-3-9-10(4-7)17-6-16-9/h2-4,8,13H,5-6H2,1H3,(H,14,15).